The van der Waals surface area contributed by atoms with Crippen molar-refractivity contribution in [1.29, 1.82) is 5.26 Å². The van der Waals surface area contributed by atoms with Gasteiger partial charge in [-0.25, -0.2) is 0 Å². The first kappa shape index (κ1) is 16.0. The van der Waals surface area contributed by atoms with Gasteiger partial charge in [-0.15, -0.1) is 0 Å². The minimum atomic E-state index is -0.313. The van der Waals surface area contributed by atoms with Gasteiger partial charge in [0.15, 0.2) is 0 Å². The number of amides is 2. The Labute approximate surface area is 129 Å². The maximum Gasteiger partial charge on any atom is 0.237 e. The van der Waals surface area contributed by atoms with Crippen molar-refractivity contribution in [3.8, 4) is 6.07 Å². The van der Waals surface area contributed by atoms with Gasteiger partial charge in [-0.3, -0.25) is 14.5 Å². The Balaban J connectivity index is 1.91. The third-order valence-corrected chi connectivity index (χ3v) is 3.81. The molecule has 118 valence electrons. The minimum absolute atomic E-state index is 0.0724. The Kier molecular flexibility index (Phi) is 5.55. The smallest absolute Gasteiger partial charge is 0.237 e. The lowest BCUT2D eigenvalue weighted by molar-refractivity contribution is -0.133. The number of furan rings is 1. The molecule has 7 heteroatoms. The van der Waals surface area contributed by atoms with Crippen molar-refractivity contribution >= 4 is 11.8 Å². The Morgan fingerprint density at radius 1 is 1.55 bits per heavy atom. The van der Waals surface area contributed by atoms with Crippen LogP contribution in [0.3, 0.4) is 0 Å². The summed E-state index contributed by atoms with van der Waals surface area (Å²) < 4.78 is 5.26. The quantitative estimate of drug-likeness (QED) is 0.781. The van der Waals surface area contributed by atoms with Crippen LogP contribution >= 0.6 is 0 Å². The van der Waals surface area contributed by atoms with Gasteiger partial charge in [0.25, 0.3) is 0 Å². The molecule has 1 saturated heterocycles. The second-order valence-corrected chi connectivity index (χ2v) is 5.43. The molecule has 2 heterocycles. The van der Waals surface area contributed by atoms with Crippen molar-refractivity contribution in [3.05, 3.63) is 24.2 Å². The number of nitriles is 1. The molecule has 22 heavy (non-hydrogen) atoms. The van der Waals surface area contributed by atoms with E-state index in [9.17, 15) is 9.59 Å². The third-order valence-electron chi connectivity index (χ3n) is 3.81. The number of hydrogen-bond donors (Lipinski definition) is 1. The van der Waals surface area contributed by atoms with Gasteiger partial charge in [-0.05, 0) is 25.1 Å². The molecule has 7 nitrogen and oxygen atoms in total. The molecule has 1 atom stereocenters. The number of hydrogen-bond acceptors (Lipinski definition) is 5. The molecule has 1 aliphatic rings. The lowest BCUT2D eigenvalue weighted by Crippen LogP contribution is -2.40. The van der Waals surface area contributed by atoms with Crippen LogP contribution in [0.1, 0.15) is 18.6 Å². The van der Waals surface area contributed by atoms with E-state index in [-0.39, 0.29) is 30.7 Å². The molecule has 1 fully saturated rings. The van der Waals surface area contributed by atoms with Crippen molar-refractivity contribution in [2.24, 2.45) is 11.7 Å². The van der Waals surface area contributed by atoms with Gasteiger partial charge in [0.1, 0.15) is 5.76 Å². The summed E-state index contributed by atoms with van der Waals surface area (Å²) in [5.41, 5.74) is 5.30. The van der Waals surface area contributed by atoms with Crippen molar-refractivity contribution in [3.63, 3.8) is 0 Å². The van der Waals surface area contributed by atoms with Gasteiger partial charge in [-0.1, -0.05) is 0 Å². The fraction of sp³-hybridized carbons (Fsp3) is 0.533. The Bertz CT molecular complexity index is 550. The van der Waals surface area contributed by atoms with Gasteiger partial charge in [0.05, 0.1) is 37.8 Å². The van der Waals surface area contributed by atoms with Gasteiger partial charge in [0.2, 0.25) is 11.8 Å². The normalized spacial score (nSPS) is 18.0. The topological polar surface area (TPSA) is 104 Å². The third kappa shape index (κ3) is 4.33. The SMILES string of the molecule is N#CCCN(Cc1ccco1)C(=O)CN1CC[C@H](C(N)=O)C1. The highest BCUT2D eigenvalue weighted by atomic mass is 16.3. The zero-order valence-electron chi connectivity index (χ0n) is 12.4. The maximum atomic E-state index is 12.4. The molecule has 0 unspecified atom stereocenters. The lowest BCUT2D eigenvalue weighted by atomic mass is 10.1. The highest BCUT2D eigenvalue weighted by Gasteiger charge is 2.28. The fourth-order valence-electron chi connectivity index (χ4n) is 2.57. The Morgan fingerprint density at radius 3 is 2.95 bits per heavy atom. The summed E-state index contributed by atoms with van der Waals surface area (Å²) in [4.78, 5) is 27.1. The number of likely N-dealkylation sites (tertiary alicyclic amines) is 1. The highest BCUT2D eigenvalue weighted by molar-refractivity contribution is 5.79. The molecule has 0 saturated carbocycles. The lowest BCUT2D eigenvalue weighted by Gasteiger charge is -2.23. The van der Waals surface area contributed by atoms with E-state index < -0.39 is 0 Å². The van der Waals surface area contributed by atoms with E-state index in [1.807, 2.05) is 11.0 Å². The Morgan fingerprint density at radius 2 is 2.36 bits per heavy atom. The molecule has 1 aromatic rings. The van der Waals surface area contributed by atoms with E-state index >= 15 is 0 Å². The molecule has 2 amide bonds. The van der Waals surface area contributed by atoms with Gasteiger partial charge in [-0.2, -0.15) is 5.26 Å². The van der Waals surface area contributed by atoms with Crippen LogP contribution in [0, 0.1) is 17.2 Å². The molecule has 2 rings (SSSR count). The highest BCUT2D eigenvalue weighted by Crippen LogP contribution is 2.16. The average Bonchev–Trinajstić information content (AvgIpc) is 3.14. The second kappa shape index (κ2) is 7.61. The molecule has 1 aromatic heterocycles. The van der Waals surface area contributed by atoms with E-state index in [1.54, 1.807) is 23.3 Å². The van der Waals surface area contributed by atoms with Crippen molar-refractivity contribution in [2.75, 3.05) is 26.2 Å². The summed E-state index contributed by atoms with van der Waals surface area (Å²) in [6, 6.07) is 5.61. The van der Waals surface area contributed by atoms with Gasteiger partial charge >= 0.3 is 0 Å². The molecule has 0 aromatic carbocycles. The predicted octanol–water partition coefficient (Wildman–Crippen LogP) is 0.329. The number of primary amides is 1. The van der Waals surface area contributed by atoms with Crippen LogP contribution in [0.25, 0.3) is 0 Å². The number of nitrogens with zero attached hydrogens (tertiary/aromatic N) is 3. The van der Waals surface area contributed by atoms with Crippen molar-refractivity contribution in [1.82, 2.24) is 9.80 Å². The van der Waals surface area contributed by atoms with E-state index in [0.29, 0.717) is 38.4 Å². The molecule has 0 spiro atoms. The first-order valence-corrected chi connectivity index (χ1v) is 7.29. The molecule has 1 aliphatic heterocycles. The van der Waals surface area contributed by atoms with Gasteiger partial charge in [0, 0.05) is 13.1 Å². The largest absolute Gasteiger partial charge is 0.467 e. The number of carbonyl (C=O) groups excluding carboxylic acids is 2. The van der Waals surface area contributed by atoms with E-state index in [4.69, 9.17) is 15.4 Å². The van der Waals surface area contributed by atoms with Crippen LogP contribution in [-0.2, 0) is 16.1 Å². The summed E-state index contributed by atoms with van der Waals surface area (Å²) in [5, 5.41) is 8.73. The molecule has 0 aliphatic carbocycles. The monoisotopic (exact) mass is 304 g/mol. The maximum absolute atomic E-state index is 12.4. The summed E-state index contributed by atoms with van der Waals surface area (Å²) in [6.45, 7) is 2.15. The van der Waals surface area contributed by atoms with Crippen LogP contribution in [0.2, 0.25) is 0 Å². The molecular formula is C15H20N4O3. The van der Waals surface area contributed by atoms with Crippen LogP contribution in [-0.4, -0.2) is 47.8 Å². The number of carbonyl (C=O) groups is 2. The van der Waals surface area contributed by atoms with E-state index in [2.05, 4.69) is 0 Å². The minimum Gasteiger partial charge on any atom is -0.467 e. The molecule has 2 N–H and O–H groups in total. The van der Waals surface area contributed by atoms with Gasteiger partial charge < -0.3 is 15.1 Å². The Hall–Kier alpha value is -2.33. The summed E-state index contributed by atoms with van der Waals surface area (Å²) in [7, 11) is 0. The molecule has 0 radical (unpaired) electrons. The zero-order chi connectivity index (χ0) is 15.9. The predicted molar refractivity (Wildman–Crippen MR) is 78.1 cm³/mol. The van der Waals surface area contributed by atoms with Crippen molar-refractivity contribution in [2.45, 2.75) is 19.4 Å². The van der Waals surface area contributed by atoms with E-state index in [1.165, 1.54) is 0 Å². The summed E-state index contributed by atoms with van der Waals surface area (Å²) in [5.74, 6) is 0.122. The first-order valence-electron chi connectivity index (χ1n) is 7.29. The molecule has 0 bridgehead atoms. The number of nitrogens with two attached hydrogens (primary N) is 1. The van der Waals surface area contributed by atoms with Crippen LogP contribution in [0.4, 0.5) is 0 Å². The summed E-state index contributed by atoms with van der Waals surface area (Å²) in [6.07, 6.45) is 2.52. The van der Waals surface area contributed by atoms with Crippen LogP contribution in [0.15, 0.2) is 22.8 Å². The zero-order valence-corrected chi connectivity index (χ0v) is 12.4. The van der Waals surface area contributed by atoms with E-state index in [0.717, 1.165) is 0 Å². The first-order chi connectivity index (χ1) is 10.6. The fourth-order valence-corrected chi connectivity index (χ4v) is 2.57. The second-order valence-electron chi connectivity index (χ2n) is 5.43. The average molecular weight is 304 g/mol. The number of rotatable bonds is 7. The standard InChI is InChI=1S/C15H20N4O3/c16-5-2-6-19(10-13-3-1-8-22-13)14(20)11-18-7-4-12(9-18)15(17)21/h1,3,8,12H,2,4,6-7,9-11H2,(H2,17,21)/t12-/m0/s1. The van der Waals surface area contributed by atoms with Crippen molar-refractivity contribution < 1.29 is 14.0 Å². The molecular weight excluding hydrogens is 284 g/mol. The van der Waals surface area contributed by atoms with Crippen LogP contribution < -0.4 is 5.73 Å². The van der Waals surface area contributed by atoms with Crippen LogP contribution in [0.5, 0.6) is 0 Å². The summed E-state index contributed by atoms with van der Waals surface area (Å²) >= 11 is 0.